The van der Waals surface area contributed by atoms with E-state index in [1.165, 1.54) is 0 Å². The van der Waals surface area contributed by atoms with Gasteiger partial charge in [-0.1, -0.05) is 26.0 Å². The largest absolute Gasteiger partial charge is 0.477 e. The lowest BCUT2D eigenvalue weighted by molar-refractivity contribution is 0.0565. The van der Waals surface area contributed by atoms with E-state index in [0.717, 1.165) is 37.1 Å². The van der Waals surface area contributed by atoms with Gasteiger partial charge in [0.2, 0.25) is 5.88 Å². The van der Waals surface area contributed by atoms with E-state index < -0.39 is 11.8 Å². The SMILES string of the molecule is CCC(F)(CC)CN1CCC(COc2ccc(-c3ccc(C(=O)N4C[C@H](O)C[C@@H]4C)cc3)cn2)CC1. The number of β-amino-alcohol motifs (C(OH)–C–C–N with tert-alkyl or cyclic N) is 1. The third-order valence-corrected chi connectivity index (χ3v) is 7.96. The van der Waals surface area contributed by atoms with Crippen LogP contribution in [-0.4, -0.2) is 76.4 Å². The predicted octanol–water partition coefficient (Wildman–Crippen LogP) is 4.96. The molecule has 3 heterocycles. The summed E-state index contributed by atoms with van der Waals surface area (Å²) in [5, 5.41) is 9.83. The quantitative estimate of drug-likeness (QED) is 0.530. The van der Waals surface area contributed by atoms with Crippen molar-refractivity contribution in [3.63, 3.8) is 0 Å². The minimum Gasteiger partial charge on any atom is -0.477 e. The number of hydrogen-bond acceptors (Lipinski definition) is 5. The highest BCUT2D eigenvalue weighted by Gasteiger charge is 2.32. The molecule has 2 aromatic rings. The molecular weight excluding hydrogens is 457 g/mol. The molecule has 2 aliphatic heterocycles. The fourth-order valence-corrected chi connectivity index (χ4v) is 5.28. The lowest BCUT2D eigenvalue weighted by atomic mass is 9.94. The molecule has 196 valence electrons. The molecule has 0 spiro atoms. The molecule has 7 heteroatoms. The molecule has 6 nitrogen and oxygen atoms in total. The number of amides is 1. The number of halogens is 1. The van der Waals surface area contributed by atoms with E-state index in [4.69, 9.17) is 4.74 Å². The van der Waals surface area contributed by atoms with E-state index in [2.05, 4.69) is 9.88 Å². The number of carbonyl (C=O) groups is 1. The number of aromatic nitrogens is 1. The summed E-state index contributed by atoms with van der Waals surface area (Å²) in [4.78, 5) is 21.2. The van der Waals surface area contributed by atoms with E-state index in [0.29, 0.717) is 56.3 Å². The highest BCUT2D eigenvalue weighted by molar-refractivity contribution is 5.95. The van der Waals surface area contributed by atoms with Crippen LogP contribution >= 0.6 is 0 Å². The summed E-state index contributed by atoms with van der Waals surface area (Å²) in [5.74, 6) is 1.02. The maximum Gasteiger partial charge on any atom is 0.254 e. The summed E-state index contributed by atoms with van der Waals surface area (Å²) in [6.45, 7) is 9.22. The van der Waals surface area contributed by atoms with Gasteiger partial charge in [0.15, 0.2) is 0 Å². The van der Waals surface area contributed by atoms with E-state index in [1.807, 2.05) is 57.2 Å². The molecule has 2 aliphatic rings. The first-order valence-electron chi connectivity index (χ1n) is 13.4. The number of ether oxygens (including phenoxy) is 1. The highest BCUT2D eigenvalue weighted by atomic mass is 19.1. The molecule has 36 heavy (non-hydrogen) atoms. The van der Waals surface area contributed by atoms with Crippen molar-refractivity contribution < 1.29 is 19.0 Å². The van der Waals surface area contributed by atoms with Gasteiger partial charge in [-0.15, -0.1) is 0 Å². The van der Waals surface area contributed by atoms with E-state index in [-0.39, 0.29) is 11.9 Å². The van der Waals surface area contributed by atoms with Crippen molar-refractivity contribution in [1.82, 2.24) is 14.8 Å². The molecule has 1 N–H and O–H groups in total. The smallest absolute Gasteiger partial charge is 0.254 e. The molecule has 0 aliphatic carbocycles. The number of benzene rings is 1. The standard InChI is InChI=1S/C29H40FN3O3/c1-4-29(30,5-2)20-32-14-12-22(13-15-32)19-36-27-11-10-25(17-31-27)23-6-8-24(9-7-23)28(35)33-18-26(34)16-21(33)3/h6-11,17,21-22,26,34H,4-5,12-16,18-20H2,1-3H3/t21-,26+/m0/s1. The number of piperidine rings is 1. The maximum atomic E-state index is 14.7. The Morgan fingerprint density at radius 2 is 1.78 bits per heavy atom. The van der Waals surface area contributed by atoms with Crippen LogP contribution in [0.1, 0.15) is 63.2 Å². The summed E-state index contributed by atoms with van der Waals surface area (Å²) in [6, 6.07) is 11.4. The molecule has 1 aromatic heterocycles. The summed E-state index contributed by atoms with van der Waals surface area (Å²) in [5.41, 5.74) is 1.50. The second kappa shape index (κ2) is 11.7. The Morgan fingerprint density at radius 1 is 1.11 bits per heavy atom. The van der Waals surface area contributed by atoms with Gasteiger partial charge in [0.25, 0.3) is 5.91 Å². The van der Waals surface area contributed by atoms with Crippen LogP contribution in [0, 0.1) is 5.92 Å². The van der Waals surface area contributed by atoms with E-state index in [1.54, 1.807) is 11.1 Å². The van der Waals surface area contributed by atoms with Gasteiger partial charge in [-0.05, 0) is 81.8 Å². The Hall–Kier alpha value is -2.51. The highest BCUT2D eigenvalue weighted by Crippen LogP contribution is 2.27. The molecule has 0 unspecified atom stereocenters. The maximum absolute atomic E-state index is 14.7. The summed E-state index contributed by atoms with van der Waals surface area (Å²) in [6.07, 6.45) is 5.15. The molecule has 0 bridgehead atoms. The van der Waals surface area contributed by atoms with Crippen molar-refractivity contribution in [2.45, 2.75) is 70.7 Å². The summed E-state index contributed by atoms with van der Waals surface area (Å²) in [7, 11) is 0. The van der Waals surface area contributed by atoms with Crippen LogP contribution in [0.4, 0.5) is 4.39 Å². The fourth-order valence-electron chi connectivity index (χ4n) is 5.28. The first-order chi connectivity index (χ1) is 17.3. The van der Waals surface area contributed by atoms with Crippen LogP contribution in [0.5, 0.6) is 5.88 Å². The van der Waals surface area contributed by atoms with Crippen LogP contribution < -0.4 is 4.74 Å². The fraction of sp³-hybridized carbons (Fsp3) is 0.586. The number of alkyl halides is 1. The zero-order valence-electron chi connectivity index (χ0n) is 21.8. The second-order valence-electron chi connectivity index (χ2n) is 10.5. The van der Waals surface area contributed by atoms with Gasteiger partial charge in [0, 0.05) is 42.5 Å². The number of rotatable bonds is 9. The minimum atomic E-state index is -1.07. The zero-order valence-corrected chi connectivity index (χ0v) is 21.8. The van der Waals surface area contributed by atoms with Crippen molar-refractivity contribution in [3.8, 4) is 17.0 Å². The number of aliphatic hydroxyl groups is 1. The van der Waals surface area contributed by atoms with Gasteiger partial charge in [-0.3, -0.25) is 4.79 Å². The molecule has 0 radical (unpaired) electrons. The zero-order chi connectivity index (χ0) is 25.7. The Balaban J connectivity index is 1.25. The number of likely N-dealkylation sites (tertiary alicyclic amines) is 2. The number of nitrogens with zero attached hydrogens (tertiary/aromatic N) is 3. The molecule has 2 fully saturated rings. The van der Waals surface area contributed by atoms with Crippen molar-refractivity contribution in [1.29, 1.82) is 0 Å². The third-order valence-electron chi connectivity index (χ3n) is 7.96. The topological polar surface area (TPSA) is 65.9 Å². The van der Waals surface area contributed by atoms with Gasteiger partial charge in [-0.25, -0.2) is 9.37 Å². The van der Waals surface area contributed by atoms with E-state index in [9.17, 15) is 14.3 Å². The molecule has 2 atom stereocenters. The predicted molar refractivity (Wildman–Crippen MR) is 140 cm³/mol. The van der Waals surface area contributed by atoms with E-state index >= 15 is 0 Å². The van der Waals surface area contributed by atoms with Gasteiger partial charge < -0.3 is 19.6 Å². The molecule has 1 aromatic carbocycles. The number of aliphatic hydroxyl groups excluding tert-OH is 1. The van der Waals surface area contributed by atoms with Crippen LogP contribution in [0.25, 0.3) is 11.1 Å². The monoisotopic (exact) mass is 497 g/mol. The first-order valence-corrected chi connectivity index (χ1v) is 13.4. The lowest BCUT2D eigenvalue weighted by Crippen LogP contribution is -2.44. The Labute approximate surface area is 214 Å². The van der Waals surface area contributed by atoms with Crippen molar-refractivity contribution in [3.05, 3.63) is 48.2 Å². The molecular formula is C29H40FN3O3. The Kier molecular flexibility index (Phi) is 8.62. The second-order valence-corrected chi connectivity index (χ2v) is 10.5. The Bertz CT molecular complexity index is 986. The molecule has 4 rings (SSSR count). The molecule has 1 amide bonds. The van der Waals surface area contributed by atoms with Crippen LogP contribution in [0.15, 0.2) is 42.6 Å². The first kappa shape index (κ1) is 26.6. The summed E-state index contributed by atoms with van der Waals surface area (Å²) >= 11 is 0. The van der Waals surface area contributed by atoms with Crippen molar-refractivity contribution >= 4 is 5.91 Å². The normalized spacial score (nSPS) is 21.6. The number of carbonyl (C=O) groups excluding carboxylic acids is 1. The summed E-state index contributed by atoms with van der Waals surface area (Å²) < 4.78 is 20.7. The Morgan fingerprint density at radius 3 is 2.33 bits per heavy atom. The lowest BCUT2D eigenvalue weighted by Gasteiger charge is -2.36. The van der Waals surface area contributed by atoms with Gasteiger partial charge in [-0.2, -0.15) is 0 Å². The van der Waals surface area contributed by atoms with Gasteiger partial charge in [0.05, 0.1) is 12.7 Å². The number of hydrogen-bond donors (Lipinski definition) is 1. The van der Waals surface area contributed by atoms with Crippen molar-refractivity contribution in [2.75, 3.05) is 32.8 Å². The number of pyridine rings is 1. The van der Waals surface area contributed by atoms with Crippen LogP contribution in [-0.2, 0) is 0 Å². The van der Waals surface area contributed by atoms with Crippen LogP contribution in [0.3, 0.4) is 0 Å². The third kappa shape index (κ3) is 6.43. The van der Waals surface area contributed by atoms with Crippen molar-refractivity contribution in [2.24, 2.45) is 5.92 Å². The average Bonchev–Trinajstić information content (AvgIpc) is 3.25. The van der Waals surface area contributed by atoms with Gasteiger partial charge in [0.1, 0.15) is 5.67 Å². The van der Waals surface area contributed by atoms with Gasteiger partial charge >= 0.3 is 0 Å². The van der Waals surface area contributed by atoms with Crippen LogP contribution in [0.2, 0.25) is 0 Å². The molecule has 2 saturated heterocycles. The average molecular weight is 498 g/mol. The minimum absolute atomic E-state index is 0.0435. The molecule has 0 saturated carbocycles.